The average Bonchev–Trinajstić information content (AvgIpc) is 3.24. The van der Waals surface area contributed by atoms with E-state index < -0.39 is 6.10 Å². The zero-order valence-electron chi connectivity index (χ0n) is 13.1. The Bertz CT molecular complexity index is 576. The van der Waals surface area contributed by atoms with E-state index in [1.807, 2.05) is 36.4 Å². The summed E-state index contributed by atoms with van der Waals surface area (Å²) in [5, 5.41) is 14.7. The molecule has 22 heavy (non-hydrogen) atoms. The summed E-state index contributed by atoms with van der Waals surface area (Å²) in [5.41, 5.74) is 1.79. The number of aromatic nitrogens is 1. The third-order valence-electron chi connectivity index (χ3n) is 4.55. The van der Waals surface area contributed by atoms with Crippen LogP contribution in [0.4, 0.5) is 0 Å². The molecule has 0 unspecified atom stereocenters. The summed E-state index contributed by atoms with van der Waals surface area (Å²) >= 11 is 0. The molecule has 4 heteroatoms. The van der Waals surface area contributed by atoms with Crippen LogP contribution < -0.4 is 0 Å². The Morgan fingerprint density at radius 2 is 1.95 bits per heavy atom. The molecule has 118 valence electrons. The lowest BCUT2D eigenvalue weighted by atomic mass is 9.96. The number of hydrogen-bond donors (Lipinski definition) is 1. The maximum Gasteiger partial charge on any atom is 0.166 e. The van der Waals surface area contributed by atoms with Crippen molar-refractivity contribution in [3.63, 3.8) is 0 Å². The van der Waals surface area contributed by atoms with Gasteiger partial charge in [-0.15, -0.1) is 0 Å². The first-order chi connectivity index (χ1) is 10.8. The molecule has 1 N–H and O–H groups in total. The van der Waals surface area contributed by atoms with E-state index >= 15 is 0 Å². The van der Waals surface area contributed by atoms with Gasteiger partial charge < -0.3 is 14.5 Å². The molecule has 3 rings (SSSR count). The summed E-state index contributed by atoms with van der Waals surface area (Å²) in [4.78, 5) is 2.44. The highest BCUT2D eigenvalue weighted by Crippen LogP contribution is 2.29. The highest BCUT2D eigenvalue weighted by Gasteiger charge is 2.26. The van der Waals surface area contributed by atoms with Gasteiger partial charge in [-0.25, -0.2) is 0 Å². The van der Waals surface area contributed by atoms with Crippen LogP contribution in [0.15, 0.2) is 40.9 Å². The van der Waals surface area contributed by atoms with Crippen molar-refractivity contribution in [2.75, 3.05) is 19.6 Å². The van der Waals surface area contributed by atoms with Gasteiger partial charge in [0.15, 0.2) is 5.76 Å². The smallest absolute Gasteiger partial charge is 0.166 e. The standard InChI is InChI=1S/C18H24N2O2/c1-2-14(13-20-10-6-7-11-20)18(21)17-12-16(19-22-17)15-8-4-3-5-9-15/h3-5,8-9,12,14,18,21H,2,6-7,10-11,13H2,1H3/t14-,18-/m0/s1. The molecule has 4 nitrogen and oxygen atoms in total. The number of benzene rings is 1. The average molecular weight is 300 g/mol. The maximum atomic E-state index is 10.6. The molecule has 1 fully saturated rings. The number of likely N-dealkylation sites (tertiary alicyclic amines) is 1. The lowest BCUT2D eigenvalue weighted by Gasteiger charge is -2.25. The van der Waals surface area contributed by atoms with E-state index in [0.717, 1.165) is 37.3 Å². The van der Waals surface area contributed by atoms with E-state index in [4.69, 9.17) is 4.52 Å². The number of hydrogen-bond acceptors (Lipinski definition) is 4. The van der Waals surface area contributed by atoms with Gasteiger partial charge >= 0.3 is 0 Å². The Kier molecular flexibility index (Phi) is 4.90. The summed E-state index contributed by atoms with van der Waals surface area (Å²) < 4.78 is 5.41. The van der Waals surface area contributed by atoms with Crippen molar-refractivity contribution in [1.29, 1.82) is 0 Å². The molecule has 0 saturated carbocycles. The van der Waals surface area contributed by atoms with Crippen LogP contribution in [0.3, 0.4) is 0 Å². The lowest BCUT2D eigenvalue weighted by Crippen LogP contribution is -2.29. The van der Waals surface area contributed by atoms with Gasteiger partial charge in [0, 0.05) is 24.1 Å². The molecular formula is C18H24N2O2. The maximum absolute atomic E-state index is 10.6. The van der Waals surface area contributed by atoms with Crippen LogP contribution in [0.25, 0.3) is 11.3 Å². The van der Waals surface area contributed by atoms with Crippen molar-refractivity contribution in [2.24, 2.45) is 5.92 Å². The Morgan fingerprint density at radius 1 is 1.23 bits per heavy atom. The molecule has 2 heterocycles. The first-order valence-corrected chi connectivity index (χ1v) is 8.20. The second-order valence-corrected chi connectivity index (χ2v) is 6.10. The fourth-order valence-electron chi connectivity index (χ4n) is 3.16. The van der Waals surface area contributed by atoms with Gasteiger partial charge in [-0.1, -0.05) is 42.4 Å². The first-order valence-electron chi connectivity index (χ1n) is 8.20. The topological polar surface area (TPSA) is 49.5 Å². The molecule has 0 aliphatic carbocycles. The van der Waals surface area contributed by atoms with Gasteiger partial charge in [0.25, 0.3) is 0 Å². The van der Waals surface area contributed by atoms with Gasteiger partial charge in [-0.3, -0.25) is 0 Å². The zero-order chi connectivity index (χ0) is 15.4. The molecule has 2 aromatic rings. The Morgan fingerprint density at radius 3 is 2.64 bits per heavy atom. The third-order valence-corrected chi connectivity index (χ3v) is 4.55. The van der Waals surface area contributed by atoms with Crippen molar-refractivity contribution in [3.05, 3.63) is 42.2 Å². The highest BCUT2D eigenvalue weighted by atomic mass is 16.5. The van der Waals surface area contributed by atoms with Crippen molar-refractivity contribution in [1.82, 2.24) is 10.1 Å². The van der Waals surface area contributed by atoms with Crippen LogP contribution in [-0.2, 0) is 0 Å². The predicted octanol–water partition coefficient (Wildman–Crippen LogP) is 3.50. The molecule has 0 spiro atoms. The molecule has 2 atom stereocenters. The van der Waals surface area contributed by atoms with Crippen LogP contribution in [-0.4, -0.2) is 34.8 Å². The predicted molar refractivity (Wildman–Crippen MR) is 86.4 cm³/mol. The Hall–Kier alpha value is -1.65. The van der Waals surface area contributed by atoms with Gasteiger partial charge in [0.1, 0.15) is 11.8 Å². The van der Waals surface area contributed by atoms with E-state index in [-0.39, 0.29) is 5.92 Å². The number of rotatable bonds is 6. The number of nitrogens with zero attached hydrogens (tertiary/aromatic N) is 2. The summed E-state index contributed by atoms with van der Waals surface area (Å²) in [5.74, 6) is 0.763. The monoisotopic (exact) mass is 300 g/mol. The summed E-state index contributed by atoms with van der Waals surface area (Å²) in [6.45, 7) is 5.35. The zero-order valence-corrected chi connectivity index (χ0v) is 13.1. The van der Waals surface area contributed by atoms with Gasteiger partial charge in [-0.2, -0.15) is 0 Å². The SMILES string of the molecule is CC[C@@H](CN1CCCC1)[C@H](O)c1cc(-c2ccccc2)no1. The van der Waals surface area contributed by atoms with E-state index in [2.05, 4.69) is 17.0 Å². The van der Waals surface area contributed by atoms with Crippen LogP contribution in [0.2, 0.25) is 0 Å². The largest absolute Gasteiger partial charge is 0.385 e. The van der Waals surface area contributed by atoms with Crippen molar-refractivity contribution in [3.8, 4) is 11.3 Å². The van der Waals surface area contributed by atoms with E-state index in [0.29, 0.717) is 5.76 Å². The van der Waals surface area contributed by atoms with E-state index in [9.17, 15) is 5.11 Å². The number of aliphatic hydroxyl groups excluding tert-OH is 1. The summed E-state index contributed by atoms with van der Waals surface area (Å²) in [6.07, 6.45) is 2.88. The summed E-state index contributed by atoms with van der Waals surface area (Å²) in [7, 11) is 0. The highest BCUT2D eigenvalue weighted by molar-refractivity contribution is 5.58. The first kappa shape index (κ1) is 15.3. The molecule has 1 aromatic carbocycles. The number of aliphatic hydroxyl groups is 1. The van der Waals surface area contributed by atoms with E-state index in [1.165, 1.54) is 12.8 Å². The minimum Gasteiger partial charge on any atom is -0.385 e. The van der Waals surface area contributed by atoms with Crippen molar-refractivity contribution < 1.29 is 9.63 Å². The summed E-state index contributed by atoms with van der Waals surface area (Å²) in [6, 6.07) is 11.8. The van der Waals surface area contributed by atoms with E-state index in [1.54, 1.807) is 0 Å². The molecule has 0 bridgehead atoms. The Balaban J connectivity index is 1.70. The second-order valence-electron chi connectivity index (χ2n) is 6.10. The quantitative estimate of drug-likeness (QED) is 0.887. The molecular weight excluding hydrogens is 276 g/mol. The lowest BCUT2D eigenvalue weighted by molar-refractivity contribution is 0.0587. The van der Waals surface area contributed by atoms with Crippen LogP contribution in [0.1, 0.15) is 38.1 Å². The van der Waals surface area contributed by atoms with Crippen LogP contribution in [0, 0.1) is 5.92 Å². The second kappa shape index (κ2) is 7.07. The molecule has 1 aliphatic heterocycles. The molecule has 0 amide bonds. The fourth-order valence-corrected chi connectivity index (χ4v) is 3.16. The molecule has 1 aliphatic rings. The Labute approximate surface area is 131 Å². The third kappa shape index (κ3) is 3.39. The molecule has 1 saturated heterocycles. The van der Waals surface area contributed by atoms with Gasteiger partial charge in [0.2, 0.25) is 0 Å². The fraction of sp³-hybridized carbons (Fsp3) is 0.500. The molecule has 0 radical (unpaired) electrons. The minimum absolute atomic E-state index is 0.190. The van der Waals surface area contributed by atoms with Crippen LogP contribution in [0.5, 0.6) is 0 Å². The normalized spacial score (nSPS) is 18.5. The minimum atomic E-state index is -0.587. The molecule has 1 aromatic heterocycles. The van der Waals surface area contributed by atoms with Crippen molar-refractivity contribution >= 4 is 0 Å². The van der Waals surface area contributed by atoms with Crippen molar-refractivity contribution in [2.45, 2.75) is 32.3 Å². The van der Waals surface area contributed by atoms with Crippen LogP contribution >= 0.6 is 0 Å². The van der Waals surface area contributed by atoms with Gasteiger partial charge in [0.05, 0.1) is 0 Å². The van der Waals surface area contributed by atoms with Gasteiger partial charge in [-0.05, 0) is 32.4 Å².